The maximum Gasteiger partial charge on any atom is 0.132 e. The maximum absolute atomic E-state index is 13.8. The first-order chi connectivity index (χ1) is 7.70. The lowest BCUT2D eigenvalue weighted by molar-refractivity contribution is 0.572. The van der Waals surface area contributed by atoms with Gasteiger partial charge in [0.1, 0.15) is 5.82 Å². The number of halogens is 2. The molecule has 0 radical (unpaired) electrons. The second kappa shape index (κ2) is 4.92. The van der Waals surface area contributed by atoms with E-state index in [1.54, 1.807) is 23.0 Å². The van der Waals surface area contributed by atoms with Crippen molar-refractivity contribution in [2.75, 3.05) is 0 Å². The predicted octanol–water partition coefficient (Wildman–Crippen LogP) is 2.13. The number of nitrogens with two attached hydrogens (primary N) is 1. The van der Waals surface area contributed by atoms with E-state index in [-0.39, 0.29) is 12.4 Å². The zero-order valence-corrected chi connectivity index (χ0v) is 10.7. The van der Waals surface area contributed by atoms with Crippen LogP contribution in [0.5, 0.6) is 0 Å². The summed E-state index contributed by atoms with van der Waals surface area (Å²) in [5.41, 5.74) is 6.61. The van der Waals surface area contributed by atoms with Gasteiger partial charge in [0.05, 0.1) is 16.3 Å². The van der Waals surface area contributed by atoms with Gasteiger partial charge in [0.25, 0.3) is 0 Å². The minimum absolute atomic E-state index is 0.219. The quantitative estimate of drug-likeness (QED) is 0.876. The van der Waals surface area contributed by atoms with Crippen molar-refractivity contribution < 1.29 is 4.39 Å². The first-order valence-corrected chi connectivity index (χ1v) is 5.93. The summed E-state index contributed by atoms with van der Waals surface area (Å²) < 4.78 is 16.6. The van der Waals surface area contributed by atoms with Crippen LogP contribution in [0.25, 0.3) is 0 Å². The van der Waals surface area contributed by atoms with E-state index in [0.29, 0.717) is 17.7 Å². The zero-order valence-electron chi connectivity index (χ0n) is 8.53. The van der Waals surface area contributed by atoms with E-state index in [1.165, 1.54) is 0 Å². The molecule has 5 heteroatoms. The molecule has 0 amide bonds. The SMILES string of the molecule is NCc1cccc(Cn2cc(I)cn2)c1F. The summed E-state index contributed by atoms with van der Waals surface area (Å²) in [4.78, 5) is 0. The molecule has 3 nitrogen and oxygen atoms in total. The summed E-state index contributed by atoms with van der Waals surface area (Å²) in [6.45, 7) is 0.652. The first kappa shape index (κ1) is 11.5. The van der Waals surface area contributed by atoms with Gasteiger partial charge in [-0.3, -0.25) is 4.68 Å². The Hall–Kier alpha value is -0.950. The minimum Gasteiger partial charge on any atom is -0.326 e. The van der Waals surface area contributed by atoms with Crippen molar-refractivity contribution in [1.29, 1.82) is 0 Å². The normalized spacial score (nSPS) is 10.7. The third-order valence-electron chi connectivity index (χ3n) is 2.31. The van der Waals surface area contributed by atoms with Crippen LogP contribution in [-0.4, -0.2) is 9.78 Å². The Labute approximate surface area is 107 Å². The summed E-state index contributed by atoms with van der Waals surface area (Å²) in [6.07, 6.45) is 3.61. The Balaban J connectivity index is 2.28. The molecule has 0 fully saturated rings. The number of nitrogens with zero attached hydrogens (tertiary/aromatic N) is 2. The largest absolute Gasteiger partial charge is 0.326 e. The Morgan fingerprint density at radius 1 is 1.38 bits per heavy atom. The number of hydrogen-bond acceptors (Lipinski definition) is 2. The van der Waals surface area contributed by atoms with Gasteiger partial charge in [-0.25, -0.2) is 4.39 Å². The summed E-state index contributed by atoms with van der Waals surface area (Å²) in [7, 11) is 0. The van der Waals surface area contributed by atoms with Crippen molar-refractivity contribution in [2.24, 2.45) is 5.73 Å². The first-order valence-electron chi connectivity index (χ1n) is 4.85. The van der Waals surface area contributed by atoms with Crippen LogP contribution in [0.4, 0.5) is 4.39 Å². The van der Waals surface area contributed by atoms with Gasteiger partial charge < -0.3 is 5.73 Å². The van der Waals surface area contributed by atoms with Crippen molar-refractivity contribution in [1.82, 2.24) is 9.78 Å². The van der Waals surface area contributed by atoms with Gasteiger partial charge in [0.2, 0.25) is 0 Å². The van der Waals surface area contributed by atoms with E-state index in [0.717, 1.165) is 3.57 Å². The second-order valence-corrected chi connectivity index (χ2v) is 4.70. The number of aromatic nitrogens is 2. The molecule has 0 aliphatic carbocycles. The lowest BCUT2D eigenvalue weighted by Crippen LogP contribution is -2.06. The highest BCUT2D eigenvalue weighted by molar-refractivity contribution is 14.1. The molecule has 16 heavy (non-hydrogen) atoms. The molecule has 2 aromatic rings. The van der Waals surface area contributed by atoms with Gasteiger partial charge in [0, 0.05) is 23.9 Å². The molecule has 0 aliphatic heterocycles. The van der Waals surface area contributed by atoms with Crippen molar-refractivity contribution in [3.05, 3.63) is 51.1 Å². The third-order valence-corrected chi connectivity index (χ3v) is 2.87. The van der Waals surface area contributed by atoms with E-state index in [1.807, 2.05) is 12.3 Å². The van der Waals surface area contributed by atoms with Crippen LogP contribution in [0.15, 0.2) is 30.6 Å². The summed E-state index contributed by atoms with van der Waals surface area (Å²) in [6, 6.07) is 5.27. The fraction of sp³-hybridized carbons (Fsp3) is 0.182. The van der Waals surface area contributed by atoms with Gasteiger partial charge in [0.15, 0.2) is 0 Å². The van der Waals surface area contributed by atoms with Crippen molar-refractivity contribution in [3.8, 4) is 0 Å². The van der Waals surface area contributed by atoms with E-state index in [4.69, 9.17) is 5.73 Å². The lowest BCUT2D eigenvalue weighted by atomic mass is 10.1. The molecule has 84 valence electrons. The average molecular weight is 331 g/mol. The smallest absolute Gasteiger partial charge is 0.132 e. The van der Waals surface area contributed by atoms with Gasteiger partial charge in [-0.15, -0.1) is 0 Å². The molecule has 0 unspecified atom stereocenters. The third kappa shape index (κ3) is 2.41. The Morgan fingerprint density at radius 2 is 2.12 bits per heavy atom. The maximum atomic E-state index is 13.8. The molecule has 0 saturated carbocycles. The fourth-order valence-corrected chi connectivity index (χ4v) is 1.96. The van der Waals surface area contributed by atoms with Crippen molar-refractivity contribution in [3.63, 3.8) is 0 Å². The van der Waals surface area contributed by atoms with Gasteiger partial charge in [-0.2, -0.15) is 5.10 Å². The van der Waals surface area contributed by atoms with Crippen molar-refractivity contribution in [2.45, 2.75) is 13.1 Å². The standard InChI is InChI=1S/C11H11FIN3/c12-11-8(4-14)2-1-3-9(11)6-16-7-10(13)5-15-16/h1-3,5,7H,4,6,14H2. The molecule has 1 heterocycles. The summed E-state index contributed by atoms with van der Waals surface area (Å²) in [5, 5.41) is 4.12. The van der Waals surface area contributed by atoms with E-state index >= 15 is 0 Å². The molecule has 1 aromatic heterocycles. The van der Waals surface area contributed by atoms with Gasteiger partial charge in [-0.05, 0) is 22.6 Å². The molecule has 0 atom stereocenters. The lowest BCUT2D eigenvalue weighted by Gasteiger charge is -2.06. The highest BCUT2D eigenvalue weighted by atomic mass is 127. The van der Waals surface area contributed by atoms with Crippen molar-refractivity contribution >= 4 is 22.6 Å². The van der Waals surface area contributed by atoms with Crippen LogP contribution in [-0.2, 0) is 13.1 Å². The second-order valence-electron chi connectivity index (χ2n) is 3.45. The van der Waals surface area contributed by atoms with E-state index in [2.05, 4.69) is 27.7 Å². The fourth-order valence-electron chi connectivity index (χ4n) is 1.51. The monoisotopic (exact) mass is 331 g/mol. The van der Waals surface area contributed by atoms with Crippen LogP contribution < -0.4 is 5.73 Å². The number of hydrogen-bond donors (Lipinski definition) is 1. The van der Waals surface area contributed by atoms with Crippen LogP contribution in [0.1, 0.15) is 11.1 Å². The minimum atomic E-state index is -0.226. The van der Waals surface area contributed by atoms with E-state index < -0.39 is 0 Å². The van der Waals surface area contributed by atoms with Crippen LogP contribution >= 0.6 is 22.6 Å². The van der Waals surface area contributed by atoms with Crippen LogP contribution in [0, 0.1) is 9.39 Å². The zero-order chi connectivity index (χ0) is 11.5. The molecule has 2 N–H and O–H groups in total. The number of rotatable bonds is 3. The van der Waals surface area contributed by atoms with Gasteiger partial charge in [-0.1, -0.05) is 18.2 Å². The highest BCUT2D eigenvalue weighted by Crippen LogP contribution is 2.14. The average Bonchev–Trinajstić information content (AvgIpc) is 2.67. The Morgan fingerprint density at radius 3 is 2.75 bits per heavy atom. The molecule has 0 saturated heterocycles. The molecule has 0 bridgehead atoms. The Kier molecular flexibility index (Phi) is 3.55. The van der Waals surface area contributed by atoms with Gasteiger partial charge >= 0.3 is 0 Å². The molecule has 1 aromatic carbocycles. The van der Waals surface area contributed by atoms with E-state index in [9.17, 15) is 4.39 Å². The number of benzene rings is 1. The Bertz CT molecular complexity index is 496. The van der Waals surface area contributed by atoms with Crippen LogP contribution in [0.3, 0.4) is 0 Å². The molecular formula is C11H11FIN3. The molecule has 2 rings (SSSR count). The predicted molar refractivity (Wildman–Crippen MR) is 68.3 cm³/mol. The molecular weight excluding hydrogens is 320 g/mol. The summed E-state index contributed by atoms with van der Waals surface area (Å²) in [5.74, 6) is -0.226. The summed E-state index contributed by atoms with van der Waals surface area (Å²) >= 11 is 2.17. The topological polar surface area (TPSA) is 43.8 Å². The molecule has 0 spiro atoms. The van der Waals surface area contributed by atoms with Crippen LogP contribution in [0.2, 0.25) is 0 Å². The highest BCUT2D eigenvalue weighted by Gasteiger charge is 2.07. The molecule has 0 aliphatic rings.